The van der Waals surface area contributed by atoms with E-state index in [1.807, 2.05) is 43.3 Å². The number of allylic oxidation sites excluding steroid dienone is 1. The molecule has 0 aliphatic rings. The minimum absolute atomic E-state index is 0.839. The Morgan fingerprint density at radius 1 is 1.30 bits per heavy atom. The van der Waals surface area contributed by atoms with E-state index >= 15 is 0 Å². The van der Waals surface area contributed by atoms with E-state index in [-0.39, 0.29) is 0 Å². The second kappa shape index (κ2) is 3.06. The van der Waals surface area contributed by atoms with Gasteiger partial charge >= 0.3 is 0 Å². The zero-order valence-electron chi connectivity index (χ0n) is 6.04. The maximum atomic E-state index is 5.49. The fourth-order valence-electron chi connectivity index (χ4n) is 0.812. The molecule has 0 spiro atoms. The van der Waals surface area contributed by atoms with E-state index in [1.165, 1.54) is 0 Å². The summed E-state index contributed by atoms with van der Waals surface area (Å²) in [4.78, 5) is 0. The normalized spacial score (nSPS) is 11.5. The highest BCUT2D eigenvalue weighted by atomic mass is 14.5. The Kier molecular flexibility index (Phi) is 2.11. The van der Waals surface area contributed by atoms with Crippen molar-refractivity contribution in [1.29, 1.82) is 0 Å². The fraction of sp³-hybridized carbons (Fsp3) is 0.111. The van der Waals surface area contributed by atoms with Gasteiger partial charge in [0.15, 0.2) is 0 Å². The van der Waals surface area contributed by atoms with Crippen LogP contribution < -0.4 is 5.73 Å². The molecule has 1 heteroatoms. The topological polar surface area (TPSA) is 26.0 Å². The molecule has 0 unspecified atom stereocenters. The Bertz CT molecular complexity index is 220. The fourth-order valence-corrected chi connectivity index (χ4v) is 0.812. The molecule has 52 valence electrons. The van der Waals surface area contributed by atoms with Gasteiger partial charge in [0.1, 0.15) is 0 Å². The van der Waals surface area contributed by atoms with Crippen LogP contribution in [0.1, 0.15) is 12.5 Å². The number of hydrogen-bond acceptors (Lipinski definition) is 1. The summed E-state index contributed by atoms with van der Waals surface area (Å²) in [5, 5.41) is 0. The molecule has 0 heterocycles. The van der Waals surface area contributed by atoms with Gasteiger partial charge in [-0.25, -0.2) is 0 Å². The predicted molar refractivity (Wildman–Crippen MR) is 44.3 cm³/mol. The summed E-state index contributed by atoms with van der Waals surface area (Å²) in [6.07, 6.45) is 1.94. The van der Waals surface area contributed by atoms with Crippen LogP contribution in [0, 0.1) is 0 Å². The maximum Gasteiger partial charge on any atom is 0.00548 e. The molecule has 0 aliphatic heterocycles. The van der Waals surface area contributed by atoms with Crippen LogP contribution in [-0.4, -0.2) is 0 Å². The van der Waals surface area contributed by atoms with E-state index in [9.17, 15) is 0 Å². The number of benzene rings is 1. The van der Waals surface area contributed by atoms with Gasteiger partial charge < -0.3 is 5.73 Å². The summed E-state index contributed by atoms with van der Waals surface area (Å²) in [6, 6.07) is 10.0. The van der Waals surface area contributed by atoms with Gasteiger partial charge in [0.25, 0.3) is 0 Å². The second-order valence-corrected chi connectivity index (χ2v) is 2.30. The average molecular weight is 133 g/mol. The molecule has 10 heavy (non-hydrogen) atoms. The van der Waals surface area contributed by atoms with E-state index in [4.69, 9.17) is 5.73 Å². The minimum Gasteiger partial charge on any atom is -0.402 e. The van der Waals surface area contributed by atoms with Crippen LogP contribution in [0.4, 0.5) is 0 Å². The van der Waals surface area contributed by atoms with Crippen molar-refractivity contribution in [2.75, 3.05) is 0 Å². The van der Waals surface area contributed by atoms with Gasteiger partial charge in [-0.1, -0.05) is 30.3 Å². The Morgan fingerprint density at radius 2 is 1.90 bits per heavy atom. The molecule has 1 rings (SSSR count). The SMILES string of the molecule is C/C(N)=C\c1ccccc1. The third kappa shape index (κ3) is 1.94. The van der Waals surface area contributed by atoms with Crippen molar-refractivity contribution in [3.05, 3.63) is 41.6 Å². The Hall–Kier alpha value is -1.24. The van der Waals surface area contributed by atoms with Crippen LogP contribution in [0.3, 0.4) is 0 Å². The minimum atomic E-state index is 0.839. The lowest BCUT2D eigenvalue weighted by atomic mass is 10.2. The maximum absolute atomic E-state index is 5.49. The summed E-state index contributed by atoms with van der Waals surface area (Å²) >= 11 is 0. The molecule has 1 aromatic carbocycles. The van der Waals surface area contributed by atoms with Gasteiger partial charge in [0.05, 0.1) is 0 Å². The zero-order valence-corrected chi connectivity index (χ0v) is 6.04. The van der Waals surface area contributed by atoms with Crippen LogP contribution in [0.15, 0.2) is 36.0 Å². The van der Waals surface area contributed by atoms with Crippen LogP contribution in [0.2, 0.25) is 0 Å². The summed E-state index contributed by atoms with van der Waals surface area (Å²) in [5.41, 5.74) is 7.48. The summed E-state index contributed by atoms with van der Waals surface area (Å²) in [6.45, 7) is 1.88. The van der Waals surface area contributed by atoms with E-state index in [0.717, 1.165) is 11.3 Å². The molecule has 0 fully saturated rings. The Labute approximate surface area is 61.2 Å². The monoisotopic (exact) mass is 133 g/mol. The van der Waals surface area contributed by atoms with Gasteiger partial charge in [-0.2, -0.15) is 0 Å². The number of hydrogen-bond donors (Lipinski definition) is 1. The van der Waals surface area contributed by atoms with Crippen LogP contribution in [0.5, 0.6) is 0 Å². The van der Waals surface area contributed by atoms with E-state index in [1.54, 1.807) is 0 Å². The van der Waals surface area contributed by atoms with E-state index in [0.29, 0.717) is 0 Å². The lowest BCUT2D eigenvalue weighted by molar-refractivity contribution is 1.34. The van der Waals surface area contributed by atoms with Gasteiger partial charge in [0, 0.05) is 5.70 Å². The average Bonchev–Trinajstić information content (AvgIpc) is 1.88. The van der Waals surface area contributed by atoms with Crippen LogP contribution >= 0.6 is 0 Å². The molecule has 0 aromatic heterocycles. The van der Waals surface area contributed by atoms with Crippen molar-refractivity contribution < 1.29 is 0 Å². The van der Waals surface area contributed by atoms with E-state index in [2.05, 4.69) is 0 Å². The summed E-state index contributed by atoms with van der Waals surface area (Å²) in [7, 11) is 0. The predicted octanol–water partition coefficient (Wildman–Crippen LogP) is 2.01. The van der Waals surface area contributed by atoms with Crippen molar-refractivity contribution in [2.24, 2.45) is 5.73 Å². The molecule has 0 bridgehead atoms. The molecule has 0 saturated carbocycles. The first-order valence-corrected chi connectivity index (χ1v) is 3.28. The molecule has 0 aliphatic carbocycles. The largest absolute Gasteiger partial charge is 0.402 e. The zero-order chi connectivity index (χ0) is 7.40. The molecule has 1 nitrogen and oxygen atoms in total. The molecule has 1 aromatic rings. The highest BCUT2D eigenvalue weighted by Crippen LogP contribution is 2.01. The molecular formula is C9H11N. The van der Waals surface area contributed by atoms with Crippen molar-refractivity contribution in [3.63, 3.8) is 0 Å². The Morgan fingerprint density at radius 3 is 2.40 bits per heavy atom. The summed E-state index contributed by atoms with van der Waals surface area (Å²) in [5.74, 6) is 0. The molecule has 0 atom stereocenters. The highest BCUT2D eigenvalue weighted by Gasteiger charge is 1.82. The molecule has 0 saturated heterocycles. The standard InChI is InChI=1S/C9H11N/c1-8(10)7-9-5-3-2-4-6-9/h2-7H,10H2,1H3/b8-7+. The van der Waals surface area contributed by atoms with Crippen molar-refractivity contribution in [3.8, 4) is 0 Å². The second-order valence-electron chi connectivity index (χ2n) is 2.30. The first-order chi connectivity index (χ1) is 4.79. The van der Waals surface area contributed by atoms with E-state index < -0.39 is 0 Å². The Balaban J connectivity index is 2.87. The van der Waals surface area contributed by atoms with Gasteiger partial charge in [0.2, 0.25) is 0 Å². The molecular weight excluding hydrogens is 122 g/mol. The molecule has 0 radical (unpaired) electrons. The molecule has 2 N–H and O–H groups in total. The van der Waals surface area contributed by atoms with Crippen molar-refractivity contribution in [2.45, 2.75) is 6.92 Å². The van der Waals surface area contributed by atoms with Gasteiger partial charge in [-0.15, -0.1) is 0 Å². The lowest BCUT2D eigenvalue weighted by Gasteiger charge is -1.91. The summed E-state index contributed by atoms with van der Waals surface area (Å²) < 4.78 is 0. The lowest BCUT2D eigenvalue weighted by Crippen LogP contribution is -1.88. The highest BCUT2D eigenvalue weighted by molar-refractivity contribution is 5.50. The van der Waals surface area contributed by atoms with Crippen LogP contribution in [0.25, 0.3) is 6.08 Å². The molecule has 0 amide bonds. The van der Waals surface area contributed by atoms with Gasteiger partial charge in [-0.3, -0.25) is 0 Å². The smallest absolute Gasteiger partial charge is 0.00548 e. The van der Waals surface area contributed by atoms with Crippen molar-refractivity contribution in [1.82, 2.24) is 0 Å². The van der Waals surface area contributed by atoms with Gasteiger partial charge in [-0.05, 0) is 18.6 Å². The quantitative estimate of drug-likeness (QED) is 0.623. The number of rotatable bonds is 1. The first kappa shape index (κ1) is 6.87. The van der Waals surface area contributed by atoms with Crippen molar-refractivity contribution >= 4 is 6.08 Å². The third-order valence-corrected chi connectivity index (χ3v) is 1.19. The number of nitrogens with two attached hydrogens (primary N) is 1. The first-order valence-electron chi connectivity index (χ1n) is 3.28. The van der Waals surface area contributed by atoms with Crippen LogP contribution in [-0.2, 0) is 0 Å². The third-order valence-electron chi connectivity index (χ3n) is 1.19.